The average molecular weight is 322 g/mol. The van der Waals surface area contributed by atoms with Gasteiger partial charge in [0, 0.05) is 17.8 Å². The minimum absolute atomic E-state index is 0.317. The molecule has 3 rings (SSSR count). The molecule has 0 radical (unpaired) electrons. The summed E-state index contributed by atoms with van der Waals surface area (Å²) in [6.45, 7) is 0. The van der Waals surface area contributed by atoms with Gasteiger partial charge < -0.3 is 10.5 Å². The predicted octanol–water partition coefficient (Wildman–Crippen LogP) is 1.55. The van der Waals surface area contributed by atoms with E-state index in [1.807, 2.05) is 0 Å². The molecule has 0 fully saturated rings. The summed E-state index contributed by atoms with van der Waals surface area (Å²) in [5.41, 5.74) is 6.35. The number of hydrogen-bond acceptors (Lipinski definition) is 5. The second-order valence-corrected chi connectivity index (χ2v) is 4.63. The number of rotatable bonds is 2. The van der Waals surface area contributed by atoms with Crippen molar-refractivity contribution in [3.63, 3.8) is 0 Å². The highest BCUT2D eigenvalue weighted by atomic mass is 79.9. The molecule has 0 saturated carbocycles. The molecule has 8 heteroatoms. The quantitative estimate of drug-likeness (QED) is 0.698. The zero-order valence-electron chi connectivity index (χ0n) is 9.50. The van der Waals surface area contributed by atoms with E-state index in [4.69, 9.17) is 10.5 Å². The third kappa shape index (κ3) is 2.17. The molecule has 0 amide bonds. The molecule has 1 aromatic carbocycles. The van der Waals surface area contributed by atoms with Crippen molar-refractivity contribution in [3.05, 3.63) is 45.5 Å². The lowest BCUT2D eigenvalue weighted by Crippen LogP contribution is -2.09. The summed E-state index contributed by atoms with van der Waals surface area (Å²) in [4.78, 5) is 15.3. The number of aromatic nitrogens is 4. The van der Waals surface area contributed by atoms with Crippen molar-refractivity contribution >= 4 is 27.3 Å². The summed E-state index contributed by atoms with van der Waals surface area (Å²) in [5, 5.41) is 6.15. The molecule has 2 heterocycles. The molecular weight excluding hydrogens is 314 g/mol. The van der Waals surface area contributed by atoms with Crippen LogP contribution in [0.15, 0.2) is 39.9 Å². The van der Waals surface area contributed by atoms with E-state index in [1.54, 1.807) is 24.3 Å². The molecule has 0 aliphatic heterocycles. The first-order chi connectivity index (χ1) is 9.13. The first-order valence-corrected chi connectivity index (χ1v) is 6.08. The first-order valence-electron chi connectivity index (χ1n) is 5.29. The standard InChI is InChI=1S/C11H8BrN5O2/c12-7-2-1-6(13)3-8(7)19-10-4-9-15-16-11(18)17(9)5-14-10/h1-5H,13H2,(H,16,18). The smallest absolute Gasteiger partial charge is 0.348 e. The monoisotopic (exact) mass is 321 g/mol. The Balaban J connectivity index is 2.01. The fourth-order valence-corrected chi connectivity index (χ4v) is 1.89. The molecule has 0 unspecified atom stereocenters. The maximum absolute atomic E-state index is 11.3. The Hall–Kier alpha value is -2.35. The number of halogens is 1. The van der Waals surface area contributed by atoms with E-state index in [2.05, 4.69) is 31.1 Å². The molecule has 0 atom stereocenters. The van der Waals surface area contributed by atoms with Gasteiger partial charge in [0.1, 0.15) is 12.1 Å². The molecule has 0 saturated heterocycles. The van der Waals surface area contributed by atoms with Crippen molar-refractivity contribution in [2.75, 3.05) is 5.73 Å². The van der Waals surface area contributed by atoms with E-state index in [0.29, 0.717) is 23.0 Å². The SMILES string of the molecule is Nc1ccc(Br)c(Oc2cc3n[nH]c(=O)n3cn2)c1. The number of ether oxygens (including phenoxy) is 1. The first kappa shape index (κ1) is 11.7. The van der Waals surface area contributed by atoms with Crippen LogP contribution in [-0.2, 0) is 0 Å². The third-order valence-corrected chi connectivity index (χ3v) is 3.11. The topological polar surface area (TPSA) is 98.3 Å². The summed E-state index contributed by atoms with van der Waals surface area (Å²) in [7, 11) is 0. The summed E-state index contributed by atoms with van der Waals surface area (Å²) in [5.74, 6) is 0.854. The van der Waals surface area contributed by atoms with E-state index < -0.39 is 0 Å². The second kappa shape index (κ2) is 4.39. The van der Waals surface area contributed by atoms with Gasteiger partial charge in [0.15, 0.2) is 5.65 Å². The molecule has 2 aromatic heterocycles. The van der Waals surface area contributed by atoms with Crippen LogP contribution in [0.2, 0.25) is 0 Å². The minimum atomic E-state index is -0.348. The molecule has 19 heavy (non-hydrogen) atoms. The van der Waals surface area contributed by atoms with Crippen molar-refractivity contribution in [1.82, 2.24) is 19.6 Å². The fraction of sp³-hybridized carbons (Fsp3) is 0. The Morgan fingerprint density at radius 3 is 3.05 bits per heavy atom. The number of anilines is 1. The Labute approximate surface area is 115 Å². The van der Waals surface area contributed by atoms with Crippen LogP contribution in [0, 0.1) is 0 Å². The number of H-pyrrole nitrogens is 1. The molecule has 0 aliphatic carbocycles. The van der Waals surface area contributed by atoms with Crippen LogP contribution >= 0.6 is 15.9 Å². The maximum atomic E-state index is 11.3. The number of nitrogens with two attached hydrogens (primary N) is 1. The number of nitrogens with one attached hydrogen (secondary N) is 1. The van der Waals surface area contributed by atoms with E-state index in [9.17, 15) is 4.79 Å². The maximum Gasteiger partial charge on any atom is 0.348 e. The predicted molar refractivity (Wildman–Crippen MR) is 72.2 cm³/mol. The zero-order chi connectivity index (χ0) is 13.4. The summed E-state index contributed by atoms with van der Waals surface area (Å²) < 4.78 is 7.63. The van der Waals surface area contributed by atoms with E-state index in [-0.39, 0.29) is 5.69 Å². The van der Waals surface area contributed by atoms with E-state index in [1.165, 1.54) is 10.7 Å². The van der Waals surface area contributed by atoms with Crippen molar-refractivity contribution in [3.8, 4) is 11.6 Å². The van der Waals surface area contributed by atoms with Gasteiger partial charge in [-0.1, -0.05) is 0 Å². The number of nitrogens with zero attached hydrogens (tertiary/aromatic N) is 3. The van der Waals surface area contributed by atoms with Gasteiger partial charge in [-0.25, -0.2) is 19.3 Å². The van der Waals surface area contributed by atoms with E-state index in [0.717, 1.165) is 4.47 Å². The Kier molecular flexibility index (Phi) is 2.71. The highest BCUT2D eigenvalue weighted by Gasteiger charge is 2.07. The Morgan fingerprint density at radius 1 is 1.37 bits per heavy atom. The molecule has 7 nitrogen and oxygen atoms in total. The highest BCUT2D eigenvalue weighted by molar-refractivity contribution is 9.10. The van der Waals surface area contributed by atoms with Crippen molar-refractivity contribution < 1.29 is 4.74 Å². The molecular formula is C11H8BrN5O2. The van der Waals surface area contributed by atoms with Gasteiger partial charge in [0.05, 0.1) is 4.47 Å². The van der Waals surface area contributed by atoms with Gasteiger partial charge in [-0.3, -0.25) is 0 Å². The third-order valence-electron chi connectivity index (χ3n) is 2.45. The number of hydrogen-bond donors (Lipinski definition) is 2. The lowest BCUT2D eigenvalue weighted by atomic mass is 10.3. The van der Waals surface area contributed by atoms with Crippen LogP contribution in [0.1, 0.15) is 0 Å². The lowest BCUT2D eigenvalue weighted by Gasteiger charge is -2.07. The van der Waals surface area contributed by atoms with Crippen LogP contribution in [-0.4, -0.2) is 19.6 Å². The number of aromatic amines is 1. The van der Waals surface area contributed by atoms with E-state index >= 15 is 0 Å². The van der Waals surface area contributed by atoms with Gasteiger partial charge in [-0.2, -0.15) is 5.10 Å². The van der Waals surface area contributed by atoms with Crippen LogP contribution in [0.5, 0.6) is 11.6 Å². The Morgan fingerprint density at radius 2 is 2.21 bits per heavy atom. The van der Waals surface area contributed by atoms with Crippen LogP contribution in [0.25, 0.3) is 5.65 Å². The van der Waals surface area contributed by atoms with Gasteiger partial charge in [-0.15, -0.1) is 0 Å². The minimum Gasteiger partial charge on any atom is -0.438 e. The van der Waals surface area contributed by atoms with Crippen LogP contribution in [0.3, 0.4) is 0 Å². The van der Waals surface area contributed by atoms with Crippen molar-refractivity contribution in [2.24, 2.45) is 0 Å². The summed E-state index contributed by atoms with van der Waals surface area (Å²) in [6, 6.07) is 6.75. The average Bonchev–Trinajstić information content (AvgIpc) is 2.75. The lowest BCUT2D eigenvalue weighted by molar-refractivity contribution is 0.459. The molecule has 0 bridgehead atoms. The fourth-order valence-electron chi connectivity index (χ4n) is 1.56. The molecule has 3 aromatic rings. The largest absolute Gasteiger partial charge is 0.438 e. The highest BCUT2D eigenvalue weighted by Crippen LogP contribution is 2.30. The summed E-state index contributed by atoms with van der Waals surface area (Å²) >= 11 is 3.36. The number of benzene rings is 1. The van der Waals surface area contributed by atoms with Gasteiger partial charge in [-0.05, 0) is 28.1 Å². The number of nitrogen functional groups attached to an aromatic ring is 1. The molecule has 96 valence electrons. The number of fused-ring (bicyclic) bond motifs is 1. The summed E-state index contributed by atoms with van der Waals surface area (Å²) in [6.07, 6.45) is 1.34. The second-order valence-electron chi connectivity index (χ2n) is 3.78. The van der Waals surface area contributed by atoms with Crippen molar-refractivity contribution in [1.29, 1.82) is 0 Å². The molecule has 0 spiro atoms. The zero-order valence-corrected chi connectivity index (χ0v) is 11.1. The Bertz CT molecular complexity index is 810. The van der Waals surface area contributed by atoms with Crippen LogP contribution in [0.4, 0.5) is 5.69 Å². The van der Waals surface area contributed by atoms with Gasteiger partial charge in [0.2, 0.25) is 5.88 Å². The van der Waals surface area contributed by atoms with Gasteiger partial charge in [0.25, 0.3) is 0 Å². The normalized spacial score (nSPS) is 10.8. The van der Waals surface area contributed by atoms with Crippen LogP contribution < -0.4 is 16.2 Å². The van der Waals surface area contributed by atoms with Gasteiger partial charge >= 0.3 is 5.69 Å². The molecule has 0 aliphatic rings. The molecule has 3 N–H and O–H groups in total. The van der Waals surface area contributed by atoms with Crippen molar-refractivity contribution in [2.45, 2.75) is 0 Å².